The van der Waals surface area contributed by atoms with Gasteiger partial charge in [0.1, 0.15) is 24.2 Å². The molecule has 3 amide bonds. The van der Waals surface area contributed by atoms with Gasteiger partial charge in [0.25, 0.3) is 5.91 Å². The zero-order valence-electron chi connectivity index (χ0n) is 23.4. The number of carbonyl (C=O) groups is 3. The molecule has 1 aliphatic heterocycles. The van der Waals surface area contributed by atoms with Crippen molar-refractivity contribution < 1.29 is 41.1 Å². The third-order valence-electron chi connectivity index (χ3n) is 6.74. The summed E-state index contributed by atoms with van der Waals surface area (Å²) in [5.41, 5.74) is -0.275. The summed E-state index contributed by atoms with van der Waals surface area (Å²) in [6, 6.07) is 6.36. The van der Waals surface area contributed by atoms with Crippen LogP contribution < -0.4 is 20.4 Å². The van der Waals surface area contributed by atoms with Gasteiger partial charge in [-0.25, -0.2) is 13.6 Å². The highest BCUT2D eigenvalue weighted by molar-refractivity contribution is 6.04. The van der Waals surface area contributed by atoms with Gasteiger partial charge in [0.05, 0.1) is 11.4 Å². The molecule has 4 rings (SSSR count). The highest BCUT2D eigenvalue weighted by atomic mass is 19.4. The molecule has 228 valence electrons. The number of alkyl carbamates (subject to hydrolysis) is 1. The number of amides is 3. The Balaban J connectivity index is 1.64. The SMILES string of the molecule is CC(C)(C)OC(=O)N[C@H](Cc1ccc(F)c(F)c1)C(=O)N[C@@H]1CN(CC2CC2)c2ccccc2N(CC(F)(F)F)C1=O. The Morgan fingerprint density at radius 3 is 2.29 bits per heavy atom. The van der Waals surface area contributed by atoms with Crippen LogP contribution >= 0.6 is 0 Å². The number of hydrogen-bond acceptors (Lipinski definition) is 5. The Morgan fingerprint density at radius 2 is 1.69 bits per heavy atom. The van der Waals surface area contributed by atoms with Crippen LogP contribution in [0.3, 0.4) is 0 Å². The molecule has 0 radical (unpaired) electrons. The van der Waals surface area contributed by atoms with Crippen molar-refractivity contribution in [2.24, 2.45) is 5.92 Å². The van der Waals surface area contributed by atoms with Crippen molar-refractivity contribution in [3.8, 4) is 0 Å². The van der Waals surface area contributed by atoms with Gasteiger partial charge >= 0.3 is 12.3 Å². The number of benzene rings is 2. The van der Waals surface area contributed by atoms with Gasteiger partial charge in [0.2, 0.25) is 5.91 Å². The first-order valence-electron chi connectivity index (χ1n) is 13.6. The molecular weight excluding hydrogens is 563 g/mol. The number of halogens is 5. The zero-order valence-corrected chi connectivity index (χ0v) is 23.4. The molecule has 2 aromatic carbocycles. The predicted octanol–water partition coefficient (Wildman–Crippen LogP) is 4.71. The maximum absolute atomic E-state index is 13.9. The Bertz CT molecular complexity index is 1330. The number of nitrogens with one attached hydrogen (secondary N) is 2. The summed E-state index contributed by atoms with van der Waals surface area (Å²) in [5.74, 6) is -3.86. The van der Waals surface area contributed by atoms with Crippen LogP contribution in [-0.4, -0.2) is 61.4 Å². The van der Waals surface area contributed by atoms with Gasteiger partial charge < -0.3 is 20.3 Å². The molecule has 13 heteroatoms. The van der Waals surface area contributed by atoms with Crippen molar-refractivity contribution in [1.29, 1.82) is 0 Å². The van der Waals surface area contributed by atoms with E-state index in [0.29, 0.717) is 23.0 Å². The molecular formula is C29H33F5N4O4. The molecule has 1 fully saturated rings. The summed E-state index contributed by atoms with van der Waals surface area (Å²) in [6.45, 7) is 3.59. The first-order chi connectivity index (χ1) is 19.6. The van der Waals surface area contributed by atoms with E-state index in [1.807, 2.05) is 0 Å². The van der Waals surface area contributed by atoms with E-state index >= 15 is 0 Å². The smallest absolute Gasteiger partial charge is 0.408 e. The van der Waals surface area contributed by atoms with E-state index in [1.54, 1.807) is 37.8 Å². The number of ether oxygens (including phenoxy) is 1. The van der Waals surface area contributed by atoms with Crippen molar-refractivity contribution in [3.63, 3.8) is 0 Å². The number of para-hydroxylation sites is 2. The Morgan fingerprint density at radius 1 is 1.02 bits per heavy atom. The minimum Gasteiger partial charge on any atom is -0.444 e. The fourth-order valence-electron chi connectivity index (χ4n) is 4.73. The largest absolute Gasteiger partial charge is 0.444 e. The van der Waals surface area contributed by atoms with E-state index in [-0.39, 0.29) is 24.2 Å². The Kier molecular flexibility index (Phi) is 8.98. The normalized spacial score (nSPS) is 18.2. The number of rotatable bonds is 8. The molecule has 42 heavy (non-hydrogen) atoms. The predicted molar refractivity (Wildman–Crippen MR) is 145 cm³/mol. The molecule has 1 heterocycles. The summed E-state index contributed by atoms with van der Waals surface area (Å²) in [5, 5.41) is 4.91. The molecule has 2 aliphatic rings. The zero-order chi connectivity index (χ0) is 30.8. The van der Waals surface area contributed by atoms with E-state index in [2.05, 4.69) is 10.6 Å². The molecule has 2 N–H and O–H groups in total. The van der Waals surface area contributed by atoms with Crippen molar-refractivity contribution >= 4 is 29.3 Å². The molecule has 1 aliphatic carbocycles. The third kappa shape index (κ3) is 8.32. The minimum atomic E-state index is -4.73. The van der Waals surface area contributed by atoms with Crippen LogP contribution in [0.1, 0.15) is 39.2 Å². The third-order valence-corrected chi connectivity index (χ3v) is 6.74. The molecule has 0 bridgehead atoms. The van der Waals surface area contributed by atoms with Gasteiger partial charge in [-0.1, -0.05) is 18.2 Å². The summed E-state index contributed by atoms with van der Waals surface area (Å²) in [6.07, 6.45) is -4.16. The van der Waals surface area contributed by atoms with Gasteiger partial charge in [-0.3, -0.25) is 14.5 Å². The van der Waals surface area contributed by atoms with Crippen molar-refractivity contribution in [3.05, 3.63) is 59.7 Å². The fourth-order valence-corrected chi connectivity index (χ4v) is 4.73. The maximum Gasteiger partial charge on any atom is 0.408 e. The van der Waals surface area contributed by atoms with E-state index in [4.69, 9.17) is 4.74 Å². The van der Waals surface area contributed by atoms with Crippen LogP contribution in [0.5, 0.6) is 0 Å². The Labute approximate surface area is 240 Å². The lowest BCUT2D eigenvalue weighted by atomic mass is 10.0. The highest BCUT2D eigenvalue weighted by Gasteiger charge is 2.42. The number of hydrogen-bond donors (Lipinski definition) is 2. The average Bonchev–Trinajstić information content (AvgIpc) is 3.70. The molecule has 1 saturated carbocycles. The van der Waals surface area contributed by atoms with Crippen molar-refractivity contribution in [1.82, 2.24) is 10.6 Å². The van der Waals surface area contributed by atoms with E-state index in [1.165, 1.54) is 18.2 Å². The van der Waals surface area contributed by atoms with Gasteiger partial charge in [0, 0.05) is 19.5 Å². The number of alkyl halides is 3. The second-order valence-corrected chi connectivity index (χ2v) is 11.6. The van der Waals surface area contributed by atoms with Gasteiger partial charge in [-0.2, -0.15) is 13.2 Å². The summed E-state index contributed by atoms with van der Waals surface area (Å²) >= 11 is 0. The number of fused-ring (bicyclic) bond motifs is 1. The summed E-state index contributed by atoms with van der Waals surface area (Å²) in [4.78, 5) is 42.2. The first kappa shape index (κ1) is 31.0. The number of carbonyl (C=O) groups excluding carboxylic acids is 3. The van der Waals surface area contributed by atoms with Gasteiger partial charge in [-0.05, 0) is 69.4 Å². The fraction of sp³-hybridized carbons (Fsp3) is 0.483. The van der Waals surface area contributed by atoms with Crippen LogP contribution in [0.2, 0.25) is 0 Å². The van der Waals surface area contributed by atoms with E-state index in [0.717, 1.165) is 25.0 Å². The Hall–Kier alpha value is -3.90. The van der Waals surface area contributed by atoms with Crippen LogP contribution in [0.25, 0.3) is 0 Å². The lowest BCUT2D eigenvalue weighted by Gasteiger charge is -2.28. The standard InChI is InChI=1S/C29H33F5N4O4/c1-28(2,3)42-27(41)36-21(13-18-10-11-19(30)20(31)12-18)25(39)35-22-15-37(14-17-8-9-17)23-6-4-5-7-24(23)38(26(22)40)16-29(32,33)34/h4-7,10-12,17,21-22H,8-9,13-16H2,1-3H3,(H,35,39)(H,36,41)/t21-,22-/m1/s1. The molecule has 0 saturated heterocycles. The average molecular weight is 597 g/mol. The summed E-state index contributed by atoms with van der Waals surface area (Å²) in [7, 11) is 0. The van der Waals surface area contributed by atoms with Crippen LogP contribution in [-0.2, 0) is 20.7 Å². The second kappa shape index (κ2) is 12.1. The van der Waals surface area contributed by atoms with Crippen LogP contribution in [0.4, 0.5) is 38.1 Å². The molecule has 0 aromatic heterocycles. The molecule has 0 spiro atoms. The van der Waals surface area contributed by atoms with E-state index < -0.39 is 59.9 Å². The minimum absolute atomic E-state index is 0.0717. The number of anilines is 2. The second-order valence-electron chi connectivity index (χ2n) is 11.6. The lowest BCUT2D eigenvalue weighted by molar-refractivity contribution is -0.135. The van der Waals surface area contributed by atoms with Gasteiger partial charge in [0.15, 0.2) is 11.6 Å². The number of nitrogens with zero attached hydrogens (tertiary/aromatic N) is 2. The van der Waals surface area contributed by atoms with Crippen molar-refractivity contribution in [2.45, 2.75) is 63.9 Å². The topological polar surface area (TPSA) is 91.0 Å². The first-order valence-corrected chi connectivity index (χ1v) is 13.6. The quantitative estimate of drug-likeness (QED) is 0.431. The van der Waals surface area contributed by atoms with E-state index in [9.17, 15) is 36.3 Å². The lowest BCUT2D eigenvalue weighted by Crippen LogP contribution is -2.58. The maximum atomic E-state index is 13.9. The molecule has 8 nitrogen and oxygen atoms in total. The molecule has 0 unspecified atom stereocenters. The van der Waals surface area contributed by atoms with Crippen LogP contribution in [0.15, 0.2) is 42.5 Å². The summed E-state index contributed by atoms with van der Waals surface area (Å²) < 4.78 is 73.6. The van der Waals surface area contributed by atoms with Crippen molar-refractivity contribution in [2.75, 3.05) is 29.4 Å². The molecule has 2 atom stereocenters. The highest BCUT2D eigenvalue weighted by Crippen LogP contribution is 2.38. The monoisotopic (exact) mass is 596 g/mol. The molecule has 2 aromatic rings. The van der Waals surface area contributed by atoms with Crippen LogP contribution in [0, 0.1) is 17.6 Å². The van der Waals surface area contributed by atoms with Gasteiger partial charge in [-0.15, -0.1) is 0 Å².